The number of fused-ring (bicyclic) bond motifs is 1. The molecule has 3 aromatic rings. The highest BCUT2D eigenvalue weighted by Crippen LogP contribution is 2.26. The maximum absolute atomic E-state index is 12.3. The number of nitrogens with one attached hydrogen (secondary N) is 1. The van der Waals surface area contributed by atoms with Crippen LogP contribution < -0.4 is 5.32 Å². The zero-order chi connectivity index (χ0) is 17.3. The monoisotopic (exact) mass is 345 g/mol. The molecule has 24 heavy (non-hydrogen) atoms. The van der Waals surface area contributed by atoms with Gasteiger partial charge in [-0.15, -0.1) is 0 Å². The number of amides is 1. The summed E-state index contributed by atoms with van der Waals surface area (Å²) in [6.45, 7) is 6.25. The molecular formula is C18H20ClN3O2. The molecule has 0 saturated carbocycles. The van der Waals surface area contributed by atoms with Crippen LogP contribution in [0.15, 0.2) is 41.1 Å². The average Bonchev–Trinajstić information content (AvgIpc) is 3.12. The van der Waals surface area contributed by atoms with E-state index in [4.69, 9.17) is 16.0 Å². The van der Waals surface area contributed by atoms with E-state index in [1.54, 1.807) is 12.3 Å². The van der Waals surface area contributed by atoms with Crippen molar-refractivity contribution in [2.75, 3.05) is 0 Å². The van der Waals surface area contributed by atoms with Crippen LogP contribution in [0.25, 0.3) is 11.0 Å². The molecule has 0 radical (unpaired) electrons. The third-order valence-electron chi connectivity index (χ3n) is 3.88. The highest BCUT2D eigenvalue weighted by atomic mass is 35.5. The van der Waals surface area contributed by atoms with E-state index < -0.39 is 0 Å². The average molecular weight is 346 g/mol. The van der Waals surface area contributed by atoms with Crippen molar-refractivity contribution in [3.8, 4) is 0 Å². The van der Waals surface area contributed by atoms with E-state index in [2.05, 4.69) is 24.1 Å². The van der Waals surface area contributed by atoms with Gasteiger partial charge in [-0.3, -0.25) is 4.79 Å². The molecule has 0 saturated heterocycles. The SMILES string of the molecule is CC(C)c1nccn1CC(=O)N[C@H](C)c1cc2cc(Cl)ccc2o1. The van der Waals surface area contributed by atoms with Crippen LogP contribution in [0.5, 0.6) is 0 Å². The number of hydrogen-bond donors (Lipinski definition) is 1. The summed E-state index contributed by atoms with van der Waals surface area (Å²) in [5.74, 6) is 1.79. The summed E-state index contributed by atoms with van der Waals surface area (Å²) in [4.78, 5) is 16.6. The molecule has 0 aliphatic heterocycles. The second-order valence-corrected chi connectivity index (χ2v) is 6.62. The van der Waals surface area contributed by atoms with Crippen LogP contribution in [0, 0.1) is 0 Å². The van der Waals surface area contributed by atoms with Gasteiger partial charge in [-0.1, -0.05) is 25.4 Å². The van der Waals surface area contributed by atoms with Crippen LogP contribution in [0.3, 0.4) is 0 Å². The van der Waals surface area contributed by atoms with E-state index in [1.807, 2.05) is 35.9 Å². The summed E-state index contributed by atoms with van der Waals surface area (Å²) in [6, 6.07) is 7.14. The molecule has 1 atom stereocenters. The van der Waals surface area contributed by atoms with E-state index in [-0.39, 0.29) is 24.4 Å². The normalized spacial score (nSPS) is 12.7. The number of aromatic nitrogens is 2. The van der Waals surface area contributed by atoms with E-state index in [1.165, 1.54) is 0 Å². The standard InChI is InChI=1S/C18H20ClN3O2/c1-11(2)18-20-6-7-22(18)10-17(23)21-12(3)16-9-13-8-14(19)4-5-15(13)24-16/h4-9,11-12H,10H2,1-3H3,(H,21,23)/t12-/m1/s1. The van der Waals surface area contributed by atoms with Crippen LogP contribution in [-0.4, -0.2) is 15.5 Å². The minimum absolute atomic E-state index is 0.0825. The third-order valence-corrected chi connectivity index (χ3v) is 4.11. The van der Waals surface area contributed by atoms with Gasteiger partial charge >= 0.3 is 0 Å². The lowest BCUT2D eigenvalue weighted by Crippen LogP contribution is -2.30. The van der Waals surface area contributed by atoms with Crippen LogP contribution >= 0.6 is 11.6 Å². The first kappa shape index (κ1) is 16.6. The molecule has 1 amide bonds. The molecule has 0 spiro atoms. The molecule has 2 heterocycles. The molecule has 3 rings (SSSR count). The Balaban J connectivity index is 1.70. The second-order valence-electron chi connectivity index (χ2n) is 6.19. The Morgan fingerprint density at radius 3 is 2.88 bits per heavy atom. The van der Waals surface area contributed by atoms with Crippen LogP contribution in [0.1, 0.15) is 44.3 Å². The van der Waals surface area contributed by atoms with Crippen molar-refractivity contribution in [1.29, 1.82) is 0 Å². The Kier molecular flexibility index (Phi) is 4.62. The van der Waals surface area contributed by atoms with Crippen molar-refractivity contribution in [2.45, 2.75) is 39.3 Å². The van der Waals surface area contributed by atoms with E-state index in [9.17, 15) is 4.79 Å². The zero-order valence-electron chi connectivity index (χ0n) is 13.9. The molecule has 126 valence electrons. The quantitative estimate of drug-likeness (QED) is 0.750. The minimum Gasteiger partial charge on any atom is -0.459 e. The number of halogens is 1. The largest absolute Gasteiger partial charge is 0.459 e. The molecule has 0 fully saturated rings. The number of rotatable bonds is 5. The van der Waals surface area contributed by atoms with Gasteiger partial charge in [-0.25, -0.2) is 4.98 Å². The van der Waals surface area contributed by atoms with Crippen LogP contribution in [0.4, 0.5) is 0 Å². The maximum atomic E-state index is 12.3. The third kappa shape index (κ3) is 3.46. The fourth-order valence-electron chi connectivity index (χ4n) is 2.72. The molecule has 6 heteroatoms. The smallest absolute Gasteiger partial charge is 0.240 e. The predicted molar refractivity (Wildman–Crippen MR) is 94.1 cm³/mol. The first-order valence-electron chi connectivity index (χ1n) is 7.93. The molecule has 0 aliphatic rings. The number of furan rings is 1. The zero-order valence-corrected chi connectivity index (χ0v) is 14.7. The molecule has 5 nitrogen and oxygen atoms in total. The summed E-state index contributed by atoms with van der Waals surface area (Å²) in [7, 11) is 0. The Morgan fingerprint density at radius 1 is 1.33 bits per heavy atom. The van der Waals surface area contributed by atoms with Gasteiger partial charge in [0.15, 0.2) is 0 Å². The molecule has 0 bridgehead atoms. The van der Waals surface area contributed by atoms with E-state index in [0.29, 0.717) is 10.8 Å². The van der Waals surface area contributed by atoms with Gasteiger partial charge in [-0.05, 0) is 31.2 Å². The van der Waals surface area contributed by atoms with Crippen LogP contribution in [-0.2, 0) is 11.3 Å². The predicted octanol–water partition coefficient (Wildman–Crippen LogP) is 4.28. The lowest BCUT2D eigenvalue weighted by Gasteiger charge is -2.14. The highest BCUT2D eigenvalue weighted by Gasteiger charge is 2.16. The minimum atomic E-state index is -0.227. The number of nitrogens with zero attached hydrogens (tertiary/aromatic N) is 2. The first-order chi connectivity index (χ1) is 11.4. The van der Waals surface area contributed by atoms with Gasteiger partial charge in [0.2, 0.25) is 5.91 Å². The van der Waals surface area contributed by atoms with Gasteiger partial charge in [0.25, 0.3) is 0 Å². The van der Waals surface area contributed by atoms with E-state index >= 15 is 0 Å². The van der Waals surface area contributed by atoms with Crippen molar-refractivity contribution < 1.29 is 9.21 Å². The second kappa shape index (κ2) is 6.69. The van der Waals surface area contributed by atoms with Crippen LogP contribution in [0.2, 0.25) is 5.02 Å². The molecule has 2 aromatic heterocycles. The van der Waals surface area contributed by atoms with Gasteiger partial charge in [0.05, 0.1) is 6.04 Å². The lowest BCUT2D eigenvalue weighted by molar-refractivity contribution is -0.122. The number of hydrogen-bond acceptors (Lipinski definition) is 3. The fourth-order valence-corrected chi connectivity index (χ4v) is 2.90. The van der Waals surface area contributed by atoms with Gasteiger partial charge < -0.3 is 14.3 Å². The Labute approximate surface area is 145 Å². The molecule has 0 aliphatic carbocycles. The summed E-state index contributed by atoms with van der Waals surface area (Å²) >= 11 is 5.99. The van der Waals surface area contributed by atoms with E-state index in [0.717, 1.165) is 16.8 Å². The highest BCUT2D eigenvalue weighted by molar-refractivity contribution is 6.31. The molecule has 0 unspecified atom stereocenters. The number of imidazole rings is 1. The Hall–Kier alpha value is -2.27. The van der Waals surface area contributed by atoms with Crippen molar-refractivity contribution in [3.05, 3.63) is 53.3 Å². The van der Waals surface area contributed by atoms with Crippen molar-refractivity contribution in [1.82, 2.24) is 14.9 Å². The topological polar surface area (TPSA) is 60.1 Å². The van der Waals surface area contributed by atoms with Gasteiger partial charge in [0, 0.05) is 28.7 Å². The molecule has 1 N–H and O–H groups in total. The lowest BCUT2D eigenvalue weighted by atomic mass is 10.2. The summed E-state index contributed by atoms with van der Waals surface area (Å²) in [5, 5.41) is 4.55. The molecule has 1 aromatic carbocycles. The van der Waals surface area contributed by atoms with Crippen molar-refractivity contribution >= 4 is 28.5 Å². The number of carbonyl (C=O) groups excluding carboxylic acids is 1. The number of benzene rings is 1. The molecular weight excluding hydrogens is 326 g/mol. The summed E-state index contributed by atoms with van der Waals surface area (Å²) in [5.41, 5.74) is 0.757. The van der Waals surface area contributed by atoms with Crippen molar-refractivity contribution in [2.24, 2.45) is 0 Å². The summed E-state index contributed by atoms with van der Waals surface area (Å²) < 4.78 is 7.66. The number of carbonyl (C=O) groups is 1. The van der Waals surface area contributed by atoms with Gasteiger partial charge in [0.1, 0.15) is 23.7 Å². The summed E-state index contributed by atoms with van der Waals surface area (Å²) in [6.07, 6.45) is 3.54. The first-order valence-corrected chi connectivity index (χ1v) is 8.31. The Bertz CT molecular complexity index is 866. The fraction of sp³-hybridized carbons (Fsp3) is 0.333. The van der Waals surface area contributed by atoms with Crippen molar-refractivity contribution in [3.63, 3.8) is 0 Å². The van der Waals surface area contributed by atoms with Gasteiger partial charge in [-0.2, -0.15) is 0 Å². The Morgan fingerprint density at radius 2 is 2.12 bits per heavy atom. The maximum Gasteiger partial charge on any atom is 0.240 e.